The Morgan fingerprint density at radius 3 is 2.65 bits per heavy atom. The van der Waals surface area contributed by atoms with Gasteiger partial charge in [0.25, 0.3) is 0 Å². The average Bonchev–Trinajstić information content (AvgIpc) is 2.27. The van der Waals surface area contributed by atoms with Crippen molar-refractivity contribution in [3.63, 3.8) is 0 Å². The molecule has 1 rings (SSSR count). The smallest absolute Gasteiger partial charge is 0.405 e. The second kappa shape index (κ2) is 6.94. The number of nitrogens with two attached hydrogens (primary N) is 1. The molecular formula is C12H14BrF3N2O2. The summed E-state index contributed by atoms with van der Waals surface area (Å²) in [6.45, 7) is 2.19. The molecule has 3 N–H and O–H groups in total. The van der Waals surface area contributed by atoms with Gasteiger partial charge in [0.15, 0.2) is 0 Å². The minimum Gasteiger partial charge on any atom is -0.405 e. The molecule has 0 radical (unpaired) electrons. The van der Waals surface area contributed by atoms with Crippen LogP contribution in [0.1, 0.15) is 18.9 Å². The van der Waals surface area contributed by atoms with E-state index in [1.807, 2.05) is 0 Å². The normalized spacial score (nSPS) is 13.1. The van der Waals surface area contributed by atoms with E-state index in [0.717, 1.165) is 5.56 Å². The van der Waals surface area contributed by atoms with E-state index in [0.29, 0.717) is 6.54 Å². The number of ether oxygens (including phenoxy) is 1. The molecule has 0 aliphatic heterocycles. The quantitative estimate of drug-likeness (QED) is 0.825. The summed E-state index contributed by atoms with van der Waals surface area (Å²) in [5.41, 5.74) is 5.81. The number of alkyl halides is 3. The first-order chi connectivity index (χ1) is 9.17. The molecule has 1 aromatic carbocycles. The Bertz CT molecular complexity index is 480. The van der Waals surface area contributed by atoms with Crippen LogP contribution in [0, 0.1) is 0 Å². The second-order valence-corrected chi connectivity index (χ2v) is 5.12. The maximum Gasteiger partial charge on any atom is 0.573 e. The Hall–Kier alpha value is -1.28. The zero-order valence-electron chi connectivity index (χ0n) is 10.6. The number of nitrogens with one attached hydrogen (secondary N) is 1. The Morgan fingerprint density at radius 2 is 2.15 bits per heavy atom. The molecule has 112 valence electrons. The lowest BCUT2D eigenvalue weighted by molar-refractivity contribution is -0.274. The molecule has 0 spiro atoms. The summed E-state index contributed by atoms with van der Waals surface area (Å²) in [4.78, 5) is 10.7. The lowest BCUT2D eigenvalue weighted by Crippen LogP contribution is -2.30. The first kappa shape index (κ1) is 16.8. The fourth-order valence-electron chi connectivity index (χ4n) is 1.53. The minimum atomic E-state index is -4.72. The highest BCUT2D eigenvalue weighted by atomic mass is 79.9. The van der Waals surface area contributed by atoms with Crippen LogP contribution >= 0.6 is 15.9 Å². The lowest BCUT2D eigenvalue weighted by Gasteiger charge is -2.14. The Balaban J connectivity index is 2.61. The van der Waals surface area contributed by atoms with Crippen LogP contribution < -0.4 is 15.8 Å². The van der Waals surface area contributed by atoms with Gasteiger partial charge >= 0.3 is 6.36 Å². The first-order valence-electron chi connectivity index (χ1n) is 5.73. The van der Waals surface area contributed by atoms with Crippen LogP contribution in [-0.4, -0.2) is 18.3 Å². The van der Waals surface area contributed by atoms with Crippen molar-refractivity contribution in [2.24, 2.45) is 5.73 Å². The first-order valence-corrected chi connectivity index (χ1v) is 6.52. The summed E-state index contributed by atoms with van der Waals surface area (Å²) < 4.78 is 40.3. The zero-order valence-corrected chi connectivity index (χ0v) is 12.2. The van der Waals surface area contributed by atoms with Gasteiger partial charge in [-0.3, -0.25) is 4.79 Å². The molecule has 0 aliphatic rings. The van der Waals surface area contributed by atoms with Gasteiger partial charge in [-0.15, -0.1) is 13.2 Å². The van der Waals surface area contributed by atoms with E-state index in [9.17, 15) is 18.0 Å². The van der Waals surface area contributed by atoms with Crippen molar-refractivity contribution < 1.29 is 22.7 Å². The molecule has 1 aromatic rings. The maximum atomic E-state index is 12.1. The van der Waals surface area contributed by atoms with E-state index in [-0.39, 0.29) is 22.7 Å². The third-order valence-corrected chi connectivity index (χ3v) is 3.00. The number of amides is 1. The molecule has 0 aromatic heterocycles. The summed E-state index contributed by atoms with van der Waals surface area (Å²) in [7, 11) is 0. The van der Waals surface area contributed by atoms with E-state index in [1.165, 1.54) is 18.2 Å². The Kier molecular flexibility index (Phi) is 5.82. The summed E-state index contributed by atoms with van der Waals surface area (Å²) in [5, 5.41) is 3.04. The van der Waals surface area contributed by atoms with Crippen LogP contribution in [0.2, 0.25) is 0 Å². The van der Waals surface area contributed by atoms with Crippen molar-refractivity contribution in [3.05, 3.63) is 28.2 Å². The number of carbonyl (C=O) groups is 1. The van der Waals surface area contributed by atoms with Gasteiger partial charge in [-0.25, -0.2) is 0 Å². The fourth-order valence-corrected chi connectivity index (χ4v) is 2.03. The van der Waals surface area contributed by atoms with Gasteiger partial charge in [0.05, 0.1) is 4.47 Å². The molecule has 0 heterocycles. The summed E-state index contributed by atoms with van der Waals surface area (Å²) in [6, 6.07) is 4.14. The third-order valence-electron chi connectivity index (χ3n) is 2.38. The zero-order chi connectivity index (χ0) is 15.3. The van der Waals surface area contributed by atoms with E-state index in [4.69, 9.17) is 5.73 Å². The molecule has 0 saturated carbocycles. The molecule has 0 saturated heterocycles. The van der Waals surface area contributed by atoms with Crippen LogP contribution in [-0.2, 0) is 11.3 Å². The van der Waals surface area contributed by atoms with Crippen molar-refractivity contribution in [3.8, 4) is 5.75 Å². The summed E-state index contributed by atoms with van der Waals surface area (Å²) in [5.74, 6) is -0.716. The highest BCUT2D eigenvalue weighted by molar-refractivity contribution is 9.10. The van der Waals surface area contributed by atoms with Crippen molar-refractivity contribution in [1.82, 2.24) is 5.32 Å². The van der Waals surface area contributed by atoms with Crippen LogP contribution in [0.3, 0.4) is 0 Å². The van der Waals surface area contributed by atoms with Gasteiger partial charge in [0.1, 0.15) is 5.75 Å². The number of benzene rings is 1. The number of halogens is 4. The van der Waals surface area contributed by atoms with Crippen LogP contribution in [0.25, 0.3) is 0 Å². The summed E-state index contributed by atoms with van der Waals surface area (Å²) >= 11 is 3.02. The van der Waals surface area contributed by atoms with Crippen molar-refractivity contribution in [2.45, 2.75) is 32.3 Å². The molecule has 0 aliphatic carbocycles. The summed E-state index contributed by atoms with van der Waals surface area (Å²) in [6.07, 6.45) is -4.53. The maximum absolute atomic E-state index is 12.1. The number of hydrogen-bond donors (Lipinski definition) is 2. The van der Waals surface area contributed by atoms with Gasteiger partial charge in [0, 0.05) is 19.0 Å². The van der Waals surface area contributed by atoms with E-state index in [2.05, 4.69) is 26.0 Å². The van der Waals surface area contributed by atoms with E-state index < -0.39 is 12.3 Å². The standard InChI is InChI=1S/C12H14BrF3N2O2/c1-7(4-11(17)19)18-6-8-2-3-10(9(13)5-8)20-12(14,15)16/h2-3,5,7,18H,4,6H2,1H3,(H2,17,19). The molecule has 0 bridgehead atoms. The number of hydrogen-bond acceptors (Lipinski definition) is 3. The number of carbonyl (C=O) groups excluding carboxylic acids is 1. The van der Waals surface area contributed by atoms with Gasteiger partial charge < -0.3 is 15.8 Å². The predicted octanol–water partition coefficient (Wildman–Crippen LogP) is 2.70. The molecule has 4 nitrogen and oxygen atoms in total. The van der Waals surface area contributed by atoms with E-state index in [1.54, 1.807) is 6.92 Å². The fraction of sp³-hybridized carbons (Fsp3) is 0.417. The molecule has 1 unspecified atom stereocenters. The Morgan fingerprint density at radius 1 is 1.50 bits per heavy atom. The van der Waals surface area contributed by atoms with Crippen LogP contribution in [0.5, 0.6) is 5.75 Å². The van der Waals surface area contributed by atoms with Crippen LogP contribution in [0.15, 0.2) is 22.7 Å². The predicted molar refractivity (Wildman–Crippen MR) is 70.9 cm³/mol. The van der Waals surface area contributed by atoms with E-state index >= 15 is 0 Å². The van der Waals surface area contributed by atoms with Crippen molar-refractivity contribution >= 4 is 21.8 Å². The van der Waals surface area contributed by atoms with Crippen molar-refractivity contribution in [1.29, 1.82) is 0 Å². The Labute approximate surface area is 122 Å². The van der Waals surface area contributed by atoms with Gasteiger partial charge in [-0.2, -0.15) is 0 Å². The third kappa shape index (κ3) is 6.25. The lowest BCUT2D eigenvalue weighted by atomic mass is 10.2. The highest BCUT2D eigenvalue weighted by Crippen LogP contribution is 2.31. The molecular weight excluding hydrogens is 341 g/mol. The van der Waals surface area contributed by atoms with Crippen LogP contribution in [0.4, 0.5) is 13.2 Å². The van der Waals surface area contributed by atoms with Gasteiger partial charge in [0.2, 0.25) is 5.91 Å². The SMILES string of the molecule is CC(CC(N)=O)NCc1ccc(OC(F)(F)F)c(Br)c1. The number of rotatable bonds is 6. The van der Waals surface area contributed by atoms with Gasteiger partial charge in [-0.05, 0) is 40.5 Å². The molecule has 8 heteroatoms. The molecule has 1 amide bonds. The minimum absolute atomic E-state index is 0.114. The number of primary amides is 1. The molecule has 1 atom stereocenters. The van der Waals surface area contributed by atoms with Crippen molar-refractivity contribution in [2.75, 3.05) is 0 Å². The topological polar surface area (TPSA) is 64.4 Å². The van der Waals surface area contributed by atoms with Gasteiger partial charge in [-0.1, -0.05) is 6.07 Å². The average molecular weight is 355 g/mol. The second-order valence-electron chi connectivity index (χ2n) is 4.26. The molecule has 0 fully saturated rings. The highest BCUT2D eigenvalue weighted by Gasteiger charge is 2.31. The molecule has 20 heavy (non-hydrogen) atoms. The largest absolute Gasteiger partial charge is 0.573 e. The monoisotopic (exact) mass is 354 g/mol.